The third-order valence-corrected chi connectivity index (χ3v) is 2.39. The zero-order chi connectivity index (χ0) is 9.14. The molecule has 0 aliphatic rings. The van der Waals surface area contributed by atoms with Crippen molar-refractivity contribution in [2.75, 3.05) is 0 Å². The lowest BCUT2D eigenvalue weighted by molar-refractivity contribution is 0.617. The van der Waals surface area contributed by atoms with Gasteiger partial charge in [0.15, 0.2) is 0 Å². The molecule has 68 valence electrons. The molecule has 0 bridgehead atoms. The molecule has 1 heterocycles. The fourth-order valence-corrected chi connectivity index (χ4v) is 1.69. The summed E-state index contributed by atoms with van der Waals surface area (Å²) in [7, 11) is 0. The van der Waals surface area contributed by atoms with Crippen molar-refractivity contribution >= 4 is 0 Å². The third-order valence-electron chi connectivity index (χ3n) is 2.39. The largest absolute Gasteiger partial charge is 0.269 e. The zero-order valence-corrected chi connectivity index (χ0v) is 8.52. The second-order valence-corrected chi connectivity index (χ2v) is 3.04. The molecule has 2 nitrogen and oxygen atoms in total. The summed E-state index contributed by atoms with van der Waals surface area (Å²) < 4.78 is 2.12. The van der Waals surface area contributed by atoms with Crippen LogP contribution in [-0.2, 0) is 19.4 Å². The summed E-state index contributed by atoms with van der Waals surface area (Å²) in [6.45, 7) is 9.66. The highest BCUT2D eigenvalue weighted by atomic mass is 15.3. The van der Waals surface area contributed by atoms with Gasteiger partial charge < -0.3 is 0 Å². The minimum absolute atomic E-state index is 0.990. The van der Waals surface area contributed by atoms with Crippen molar-refractivity contribution in [2.24, 2.45) is 0 Å². The van der Waals surface area contributed by atoms with Gasteiger partial charge in [0.2, 0.25) is 0 Å². The molecule has 1 aromatic rings. The summed E-state index contributed by atoms with van der Waals surface area (Å²) in [6.07, 6.45) is 2.14. The standard InChI is InChI=1S/C10H18N2/c1-5-9-8(4)10(6-2)12(7-3)11-9/h5-7H2,1-4H3. The number of rotatable bonds is 3. The van der Waals surface area contributed by atoms with Crippen LogP contribution in [-0.4, -0.2) is 9.78 Å². The van der Waals surface area contributed by atoms with E-state index in [0.717, 1.165) is 19.4 Å². The van der Waals surface area contributed by atoms with E-state index in [1.165, 1.54) is 17.0 Å². The van der Waals surface area contributed by atoms with Crippen molar-refractivity contribution in [1.82, 2.24) is 9.78 Å². The molecule has 0 saturated carbocycles. The minimum atomic E-state index is 0.990. The molecule has 0 spiro atoms. The topological polar surface area (TPSA) is 17.8 Å². The van der Waals surface area contributed by atoms with Gasteiger partial charge in [0.1, 0.15) is 0 Å². The summed E-state index contributed by atoms with van der Waals surface area (Å²) in [5.74, 6) is 0. The van der Waals surface area contributed by atoms with Crippen molar-refractivity contribution in [3.05, 3.63) is 17.0 Å². The number of nitrogens with zero attached hydrogens (tertiary/aromatic N) is 2. The molecular formula is C10H18N2. The lowest BCUT2D eigenvalue weighted by atomic mass is 10.1. The Morgan fingerprint density at radius 3 is 2.17 bits per heavy atom. The molecule has 1 rings (SSSR count). The molecule has 2 heteroatoms. The second-order valence-electron chi connectivity index (χ2n) is 3.04. The van der Waals surface area contributed by atoms with Crippen LogP contribution in [0.3, 0.4) is 0 Å². The van der Waals surface area contributed by atoms with E-state index in [2.05, 4.69) is 37.5 Å². The molecule has 0 N–H and O–H groups in total. The smallest absolute Gasteiger partial charge is 0.0653 e. The number of aromatic nitrogens is 2. The molecule has 12 heavy (non-hydrogen) atoms. The summed E-state index contributed by atoms with van der Waals surface area (Å²) in [6, 6.07) is 0. The molecule has 0 unspecified atom stereocenters. The molecule has 0 aliphatic heterocycles. The van der Waals surface area contributed by atoms with Crippen molar-refractivity contribution < 1.29 is 0 Å². The van der Waals surface area contributed by atoms with Gasteiger partial charge in [-0.1, -0.05) is 13.8 Å². The van der Waals surface area contributed by atoms with E-state index >= 15 is 0 Å². The fourth-order valence-electron chi connectivity index (χ4n) is 1.69. The van der Waals surface area contributed by atoms with E-state index in [1.54, 1.807) is 0 Å². The Balaban J connectivity index is 3.13. The second kappa shape index (κ2) is 3.74. The summed E-state index contributed by atoms with van der Waals surface area (Å²) in [5.41, 5.74) is 4.05. The van der Waals surface area contributed by atoms with Gasteiger partial charge >= 0.3 is 0 Å². The quantitative estimate of drug-likeness (QED) is 0.674. The van der Waals surface area contributed by atoms with Gasteiger partial charge in [0.05, 0.1) is 5.69 Å². The van der Waals surface area contributed by atoms with Crippen LogP contribution in [0.4, 0.5) is 0 Å². The van der Waals surface area contributed by atoms with E-state index in [9.17, 15) is 0 Å². The fraction of sp³-hybridized carbons (Fsp3) is 0.700. The van der Waals surface area contributed by atoms with E-state index in [0.29, 0.717) is 0 Å². The van der Waals surface area contributed by atoms with E-state index < -0.39 is 0 Å². The van der Waals surface area contributed by atoms with Gasteiger partial charge in [0.25, 0.3) is 0 Å². The van der Waals surface area contributed by atoms with Crippen LogP contribution >= 0.6 is 0 Å². The Morgan fingerprint density at radius 2 is 1.83 bits per heavy atom. The summed E-state index contributed by atoms with van der Waals surface area (Å²) in [5, 5.41) is 4.53. The Morgan fingerprint density at radius 1 is 1.17 bits per heavy atom. The lowest BCUT2D eigenvalue weighted by Crippen LogP contribution is -2.01. The molecular weight excluding hydrogens is 148 g/mol. The Bertz CT molecular complexity index is 261. The summed E-state index contributed by atoms with van der Waals surface area (Å²) in [4.78, 5) is 0. The highest BCUT2D eigenvalue weighted by Gasteiger charge is 2.09. The third kappa shape index (κ3) is 1.38. The number of aryl methyl sites for hydroxylation is 2. The monoisotopic (exact) mass is 166 g/mol. The van der Waals surface area contributed by atoms with Crippen LogP contribution in [0.5, 0.6) is 0 Å². The van der Waals surface area contributed by atoms with Crippen molar-refractivity contribution in [2.45, 2.75) is 47.1 Å². The van der Waals surface area contributed by atoms with Gasteiger partial charge in [-0.2, -0.15) is 5.10 Å². The Labute approximate surface area is 74.6 Å². The normalized spacial score (nSPS) is 10.7. The first kappa shape index (κ1) is 9.30. The van der Waals surface area contributed by atoms with Gasteiger partial charge in [0, 0.05) is 12.2 Å². The maximum absolute atomic E-state index is 4.53. The van der Waals surface area contributed by atoms with Crippen molar-refractivity contribution in [3.63, 3.8) is 0 Å². The first-order chi connectivity index (χ1) is 5.74. The highest BCUT2D eigenvalue weighted by molar-refractivity contribution is 5.24. The lowest BCUT2D eigenvalue weighted by Gasteiger charge is -2.01. The average molecular weight is 166 g/mol. The molecule has 1 aromatic heterocycles. The van der Waals surface area contributed by atoms with E-state index in [-0.39, 0.29) is 0 Å². The van der Waals surface area contributed by atoms with Crippen LogP contribution in [0, 0.1) is 6.92 Å². The van der Waals surface area contributed by atoms with E-state index in [1.807, 2.05) is 0 Å². The highest BCUT2D eigenvalue weighted by Crippen LogP contribution is 2.14. The van der Waals surface area contributed by atoms with Crippen LogP contribution in [0.2, 0.25) is 0 Å². The minimum Gasteiger partial charge on any atom is -0.269 e. The number of hydrogen-bond acceptors (Lipinski definition) is 1. The predicted octanol–water partition coefficient (Wildman–Crippen LogP) is 2.34. The van der Waals surface area contributed by atoms with Gasteiger partial charge in [-0.05, 0) is 32.3 Å². The van der Waals surface area contributed by atoms with Gasteiger partial charge in [-0.25, -0.2) is 0 Å². The SMILES string of the molecule is CCc1nn(CC)c(CC)c1C. The Hall–Kier alpha value is -0.790. The molecule has 0 saturated heterocycles. The molecule has 0 aromatic carbocycles. The van der Waals surface area contributed by atoms with Crippen LogP contribution in [0.15, 0.2) is 0 Å². The van der Waals surface area contributed by atoms with Crippen LogP contribution in [0.25, 0.3) is 0 Å². The zero-order valence-electron chi connectivity index (χ0n) is 8.52. The van der Waals surface area contributed by atoms with Crippen LogP contribution in [0.1, 0.15) is 37.7 Å². The molecule has 0 amide bonds. The van der Waals surface area contributed by atoms with Crippen LogP contribution < -0.4 is 0 Å². The number of hydrogen-bond donors (Lipinski definition) is 0. The molecule has 0 aliphatic carbocycles. The van der Waals surface area contributed by atoms with Crippen molar-refractivity contribution in [3.8, 4) is 0 Å². The average Bonchev–Trinajstić information content (AvgIpc) is 2.41. The maximum atomic E-state index is 4.53. The first-order valence-electron chi connectivity index (χ1n) is 4.79. The van der Waals surface area contributed by atoms with Gasteiger partial charge in [-0.3, -0.25) is 4.68 Å². The molecule has 0 fully saturated rings. The molecule has 0 atom stereocenters. The summed E-state index contributed by atoms with van der Waals surface area (Å²) >= 11 is 0. The first-order valence-corrected chi connectivity index (χ1v) is 4.79. The maximum Gasteiger partial charge on any atom is 0.0653 e. The van der Waals surface area contributed by atoms with E-state index in [4.69, 9.17) is 0 Å². The van der Waals surface area contributed by atoms with Crippen molar-refractivity contribution in [1.29, 1.82) is 0 Å². The van der Waals surface area contributed by atoms with Gasteiger partial charge in [-0.15, -0.1) is 0 Å². The molecule has 0 radical (unpaired) electrons. The predicted molar refractivity (Wildman–Crippen MR) is 51.4 cm³/mol. The Kier molecular flexibility index (Phi) is 2.90.